The first-order chi connectivity index (χ1) is 25.4. The lowest BCUT2D eigenvalue weighted by Gasteiger charge is -2.31. The van der Waals surface area contributed by atoms with E-state index in [1.54, 1.807) is 36.4 Å². The van der Waals surface area contributed by atoms with E-state index in [1.165, 1.54) is 27.2 Å². The van der Waals surface area contributed by atoms with Gasteiger partial charge in [0, 0.05) is 101 Å². The Morgan fingerprint density at radius 2 is 1.36 bits per heavy atom. The van der Waals surface area contributed by atoms with E-state index in [2.05, 4.69) is 25.6 Å². The number of nitro groups is 1. The number of rotatable bonds is 9. The molecule has 1 aliphatic carbocycles. The van der Waals surface area contributed by atoms with Crippen LogP contribution in [0.4, 0.5) is 17.1 Å². The summed E-state index contributed by atoms with van der Waals surface area (Å²) in [5.74, 6) is 0. The first kappa shape index (κ1) is 38.6. The second kappa shape index (κ2) is 16.5. The molecule has 7 rings (SSSR count). The van der Waals surface area contributed by atoms with Gasteiger partial charge in [-0.3, -0.25) is 10.1 Å². The number of nitrogens with one attached hydrogen (secondary N) is 2. The van der Waals surface area contributed by atoms with Crippen LogP contribution < -0.4 is 21.3 Å². The Morgan fingerprint density at radius 3 is 1.89 bits per heavy atom. The lowest BCUT2D eigenvalue weighted by atomic mass is 10.1. The third-order valence-electron chi connectivity index (χ3n) is 10.0. The molecule has 0 bridgehead atoms. The van der Waals surface area contributed by atoms with E-state index in [0.717, 1.165) is 31.6 Å². The van der Waals surface area contributed by atoms with Gasteiger partial charge in [0.1, 0.15) is 11.4 Å². The lowest BCUT2D eigenvalue weighted by Crippen LogP contribution is -2.47. The van der Waals surface area contributed by atoms with Gasteiger partial charge >= 0.3 is 0 Å². The minimum absolute atomic E-state index is 0.118. The number of anilines is 2. The van der Waals surface area contributed by atoms with Crippen molar-refractivity contribution in [2.75, 3.05) is 95.8 Å². The Kier molecular flexibility index (Phi) is 12.0. The van der Waals surface area contributed by atoms with Crippen LogP contribution in [-0.2, 0) is 20.0 Å². The average molecular weight is 770 g/mol. The van der Waals surface area contributed by atoms with Crippen LogP contribution in [0.1, 0.15) is 30.4 Å². The van der Waals surface area contributed by atoms with E-state index < -0.39 is 20.0 Å². The zero-order chi connectivity index (χ0) is 37.8. The third-order valence-corrected chi connectivity index (χ3v) is 13.8. The number of nitro benzene ring substituents is 1. The van der Waals surface area contributed by atoms with Crippen molar-refractivity contribution in [2.45, 2.75) is 29.1 Å². The second-order valence-electron chi connectivity index (χ2n) is 13.4. The minimum atomic E-state index is -3.71. The molecule has 0 amide bonds. The van der Waals surface area contributed by atoms with Gasteiger partial charge in [0.2, 0.25) is 20.0 Å². The van der Waals surface area contributed by atoms with Crippen molar-refractivity contribution < 1.29 is 27.0 Å². The normalized spacial score (nSPS) is 19.3. The summed E-state index contributed by atoms with van der Waals surface area (Å²) in [7, 11) is -5.46. The topological polar surface area (TPSA) is 207 Å². The van der Waals surface area contributed by atoms with Crippen molar-refractivity contribution in [1.29, 1.82) is 0 Å². The summed E-state index contributed by atoms with van der Waals surface area (Å²) in [5.41, 5.74) is 9.72. The number of nitrogens with two attached hydrogens (primary N) is 1. The molecule has 53 heavy (non-hydrogen) atoms. The summed E-state index contributed by atoms with van der Waals surface area (Å²) in [6.07, 6.45) is 3.39. The highest BCUT2D eigenvalue weighted by Gasteiger charge is 2.34. The molecule has 286 valence electrons. The van der Waals surface area contributed by atoms with Gasteiger partial charge in [-0.25, -0.2) is 16.8 Å². The largest absolute Gasteiger partial charge is 0.410 e. The number of piperazine rings is 2. The van der Waals surface area contributed by atoms with Crippen molar-refractivity contribution in [3.63, 3.8) is 0 Å². The summed E-state index contributed by atoms with van der Waals surface area (Å²) in [5, 5.41) is 30.7. The zero-order valence-corrected chi connectivity index (χ0v) is 31.4. The summed E-state index contributed by atoms with van der Waals surface area (Å²) in [4.78, 5) is 15.2. The van der Waals surface area contributed by atoms with Crippen LogP contribution in [0.15, 0.2) is 69.5 Å². The molecule has 3 fully saturated rings. The Labute approximate surface area is 310 Å². The molecule has 0 atom stereocenters. The maximum absolute atomic E-state index is 13.2. The number of nitrogens with zero attached hydrogens (tertiary/aromatic N) is 6. The van der Waals surface area contributed by atoms with Crippen molar-refractivity contribution in [1.82, 2.24) is 18.8 Å². The van der Waals surface area contributed by atoms with E-state index >= 15 is 0 Å². The molecule has 5 N–H and O–H groups in total. The van der Waals surface area contributed by atoms with Gasteiger partial charge in [-0.05, 0) is 73.8 Å². The van der Waals surface area contributed by atoms with Gasteiger partial charge in [0.25, 0.3) is 5.69 Å². The Bertz CT molecular complexity index is 2060. The lowest BCUT2D eigenvalue weighted by molar-refractivity contribution is -0.384. The Hall–Kier alpha value is -4.17. The zero-order valence-electron chi connectivity index (χ0n) is 29.8. The van der Waals surface area contributed by atoms with Gasteiger partial charge < -0.3 is 31.4 Å². The fourth-order valence-electron chi connectivity index (χ4n) is 7.09. The molecule has 3 heterocycles. The molecular weight excluding hydrogens is 723 g/mol. The number of sulfonamides is 2. The molecule has 0 saturated carbocycles. The predicted octanol–water partition coefficient (Wildman–Crippen LogP) is 2.38. The fraction of sp³-hybridized carbons (Fsp3) is 0.457. The Balaban J connectivity index is 0.000000214. The highest BCUT2D eigenvalue weighted by Crippen LogP contribution is 2.40. The SMILES string of the molecule is CN1CCN(S(=O)(=O)c2ccc3c(c2)/C(=N/O)c2cc(S(=O)(=O)N4CCNCC4)ccc2-3)CC1.NCCNc1ccc([N+](=O)[O-])c(N2CCCCC2)c1. The fourth-order valence-corrected chi connectivity index (χ4v) is 10.0. The molecule has 0 unspecified atom stereocenters. The third kappa shape index (κ3) is 8.18. The second-order valence-corrected chi connectivity index (χ2v) is 17.3. The molecule has 4 aliphatic rings. The van der Waals surface area contributed by atoms with Crippen LogP contribution >= 0.6 is 0 Å². The van der Waals surface area contributed by atoms with Crippen LogP contribution in [0.2, 0.25) is 0 Å². The van der Waals surface area contributed by atoms with Crippen molar-refractivity contribution >= 4 is 42.8 Å². The number of oxime groups is 1. The standard InChI is InChI=1S/C22H27N5O5S2.C13H20N4O2/c1-25-10-12-27(13-11-25)34(31,32)17-3-5-19-18-4-2-16(14-20(18)22(24-28)21(19)15-17)33(29,30)26-8-6-23-7-9-26;14-6-7-15-11-4-5-12(17(18)19)13(10-11)16-8-2-1-3-9-16/h2-5,14-15,23,28H,6-13H2,1H3;4-5,10,15H,1-3,6-9,14H2/b24-22+;. The van der Waals surface area contributed by atoms with E-state index in [0.29, 0.717) is 93.4 Å². The number of likely N-dealkylation sites (N-methyl/N-ethyl adjacent to an activating group) is 1. The minimum Gasteiger partial charge on any atom is -0.410 e. The molecule has 16 nitrogen and oxygen atoms in total. The number of hydrogen-bond donors (Lipinski definition) is 4. The predicted molar refractivity (Wildman–Crippen MR) is 204 cm³/mol. The molecule has 3 aromatic carbocycles. The van der Waals surface area contributed by atoms with Crippen molar-refractivity contribution in [3.8, 4) is 11.1 Å². The highest BCUT2D eigenvalue weighted by molar-refractivity contribution is 7.89. The monoisotopic (exact) mass is 769 g/mol. The van der Waals surface area contributed by atoms with Gasteiger partial charge in [-0.1, -0.05) is 17.3 Å². The van der Waals surface area contributed by atoms with Crippen molar-refractivity contribution in [3.05, 3.63) is 75.8 Å². The molecule has 3 saturated heterocycles. The molecule has 0 radical (unpaired) electrons. The molecule has 3 aliphatic heterocycles. The molecule has 18 heteroatoms. The molecular formula is C35H47N9O7S2. The molecule has 0 aromatic heterocycles. The van der Waals surface area contributed by atoms with E-state index in [4.69, 9.17) is 5.73 Å². The highest BCUT2D eigenvalue weighted by atomic mass is 32.2. The van der Waals surface area contributed by atoms with Crippen LogP contribution in [0, 0.1) is 10.1 Å². The van der Waals surface area contributed by atoms with Gasteiger partial charge in [0.15, 0.2) is 0 Å². The van der Waals surface area contributed by atoms with Crippen molar-refractivity contribution in [2.24, 2.45) is 10.9 Å². The maximum atomic E-state index is 13.2. The first-order valence-corrected chi connectivity index (χ1v) is 20.7. The van der Waals surface area contributed by atoms with Gasteiger partial charge in [-0.15, -0.1) is 0 Å². The average Bonchev–Trinajstić information content (AvgIpc) is 3.50. The maximum Gasteiger partial charge on any atom is 0.292 e. The van der Waals surface area contributed by atoms with Crippen LogP contribution in [0.25, 0.3) is 11.1 Å². The summed E-state index contributed by atoms with van der Waals surface area (Å²) in [6, 6.07) is 14.7. The summed E-state index contributed by atoms with van der Waals surface area (Å²) in [6.45, 7) is 7.05. The van der Waals surface area contributed by atoms with Gasteiger partial charge in [0.05, 0.1) is 14.7 Å². The molecule has 0 spiro atoms. The van der Waals surface area contributed by atoms with Gasteiger partial charge in [-0.2, -0.15) is 8.61 Å². The van der Waals surface area contributed by atoms with Crippen LogP contribution in [0.3, 0.4) is 0 Å². The van der Waals surface area contributed by atoms with E-state index in [-0.39, 0.29) is 26.1 Å². The quantitative estimate of drug-likeness (QED) is 0.110. The summed E-state index contributed by atoms with van der Waals surface area (Å²) < 4.78 is 55.7. The van der Waals surface area contributed by atoms with Crippen LogP contribution in [-0.4, -0.2) is 132 Å². The van der Waals surface area contributed by atoms with E-state index in [1.807, 2.05) is 13.1 Å². The summed E-state index contributed by atoms with van der Waals surface area (Å²) >= 11 is 0. The number of piperidine rings is 1. The van der Waals surface area contributed by atoms with Crippen LogP contribution in [0.5, 0.6) is 0 Å². The number of benzene rings is 3. The number of hydrogen-bond acceptors (Lipinski definition) is 13. The first-order valence-electron chi connectivity index (χ1n) is 17.8. The smallest absolute Gasteiger partial charge is 0.292 e. The molecule has 3 aromatic rings. The number of fused-ring (bicyclic) bond motifs is 3. The Morgan fingerprint density at radius 1 is 0.792 bits per heavy atom. The van der Waals surface area contributed by atoms with E-state index in [9.17, 15) is 32.2 Å².